The topological polar surface area (TPSA) is 107 Å². The van der Waals surface area contributed by atoms with Gasteiger partial charge in [-0.1, -0.05) is 13.3 Å². The van der Waals surface area contributed by atoms with Crippen molar-refractivity contribution in [3.05, 3.63) is 18.2 Å². The molecule has 7 heteroatoms. The van der Waals surface area contributed by atoms with Crippen LogP contribution in [0.2, 0.25) is 0 Å². The predicted molar refractivity (Wildman–Crippen MR) is 81.1 cm³/mol. The number of benzene rings is 1. The molecule has 0 unspecified atom stereocenters. The third kappa shape index (κ3) is 6.23. The Kier molecular flexibility index (Phi) is 6.77. The van der Waals surface area contributed by atoms with Crippen LogP contribution in [0.25, 0.3) is 0 Å². The summed E-state index contributed by atoms with van der Waals surface area (Å²) in [5.41, 5.74) is 6.66. The molecule has 0 heterocycles. The summed E-state index contributed by atoms with van der Waals surface area (Å²) >= 11 is 0. The number of nitrogens with one attached hydrogen (secondary N) is 1. The second-order valence-electron chi connectivity index (χ2n) is 4.58. The van der Waals surface area contributed by atoms with Crippen LogP contribution in [0.3, 0.4) is 0 Å². The number of sulfonamides is 1. The normalized spacial score (nSPS) is 11.5. The van der Waals surface area contributed by atoms with Gasteiger partial charge in [-0.25, -0.2) is 13.6 Å². The summed E-state index contributed by atoms with van der Waals surface area (Å²) in [4.78, 5) is 0.0131. The lowest BCUT2D eigenvalue weighted by molar-refractivity contribution is 0.131. The average Bonchev–Trinajstić information content (AvgIpc) is 2.36. The van der Waals surface area contributed by atoms with E-state index in [0.717, 1.165) is 25.9 Å². The number of ether oxygens (including phenoxy) is 1. The highest BCUT2D eigenvalue weighted by molar-refractivity contribution is 7.89. The molecule has 1 aromatic carbocycles. The van der Waals surface area contributed by atoms with E-state index in [9.17, 15) is 8.42 Å². The molecule has 0 amide bonds. The number of primary sulfonamides is 1. The lowest BCUT2D eigenvalue weighted by Crippen LogP contribution is -2.13. The summed E-state index contributed by atoms with van der Waals surface area (Å²) in [7, 11) is -3.74. The minimum atomic E-state index is -3.74. The summed E-state index contributed by atoms with van der Waals surface area (Å²) < 4.78 is 28.0. The molecule has 5 N–H and O–H groups in total. The molecule has 0 aliphatic heterocycles. The lowest BCUT2D eigenvalue weighted by Gasteiger charge is -2.09. The molecule has 114 valence electrons. The second kappa shape index (κ2) is 8.08. The number of hydrogen-bond donors (Lipinski definition) is 3. The minimum absolute atomic E-state index is 0.0131. The van der Waals surface area contributed by atoms with E-state index >= 15 is 0 Å². The molecule has 0 saturated carbocycles. The first kappa shape index (κ1) is 16.7. The first-order valence-electron chi connectivity index (χ1n) is 6.68. The van der Waals surface area contributed by atoms with Crippen molar-refractivity contribution in [1.29, 1.82) is 0 Å². The van der Waals surface area contributed by atoms with E-state index in [1.807, 2.05) is 0 Å². The van der Waals surface area contributed by atoms with Gasteiger partial charge in [-0.2, -0.15) is 0 Å². The van der Waals surface area contributed by atoms with Gasteiger partial charge < -0.3 is 15.8 Å². The predicted octanol–water partition coefficient (Wildman–Crippen LogP) is 1.53. The third-order valence-electron chi connectivity index (χ3n) is 2.69. The SMILES string of the molecule is CCCCOCCCNc1cc(N)cc(S(N)(=O)=O)c1. The zero-order valence-corrected chi connectivity index (χ0v) is 12.6. The molecule has 0 bridgehead atoms. The van der Waals surface area contributed by atoms with Crippen molar-refractivity contribution in [2.75, 3.05) is 30.8 Å². The molecular weight excluding hydrogens is 278 g/mol. The zero-order valence-electron chi connectivity index (χ0n) is 11.8. The van der Waals surface area contributed by atoms with Crippen LogP contribution in [-0.2, 0) is 14.8 Å². The molecule has 0 spiro atoms. The Labute approximate surface area is 120 Å². The standard InChI is InChI=1S/C13H23N3O3S/c1-2-3-6-19-7-4-5-16-12-8-11(14)9-13(10-12)20(15,17)18/h8-10,16H,2-7,14H2,1H3,(H2,15,17,18). The van der Waals surface area contributed by atoms with Crippen LogP contribution in [0.4, 0.5) is 11.4 Å². The number of rotatable bonds is 9. The molecule has 0 saturated heterocycles. The van der Waals surface area contributed by atoms with Gasteiger partial charge in [-0.3, -0.25) is 0 Å². The Balaban J connectivity index is 2.43. The fourth-order valence-corrected chi connectivity index (χ4v) is 2.24. The largest absolute Gasteiger partial charge is 0.399 e. The quantitative estimate of drug-likeness (QED) is 0.473. The molecule has 0 aliphatic carbocycles. The maximum absolute atomic E-state index is 11.3. The summed E-state index contributed by atoms with van der Waals surface area (Å²) in [6.07, 6.45) is 3.03. The Morgan fingerprint density at radius 2 is 1.90 bits per heavy atom. The second-order valence-corrected chi connectivity index (χ2v) is 6.14. The average molecular weight is 301 g/mol. The van der Waals surface area contributed by atoms with E-state index in [1.165, 1.54) is 12.1 Å². The highest BCUT2D eigenvalue weighted by Gasteiger charge is 2.09. The molecule has 0 aromatic heterocycles. The van der Waals surface area contributed by atoms with Crippen LogP contribution in [-0.4, -0.2) is 28.2 Å². The highest BCUT2D eigenvalue weighted by atomic mass is 32.2. The van der Waals surface area contributed by atoms with Crippen LogP contribution in [0, 0.1) is 0 Å². The molecule has 1 aromatic rings. The van der Waals surface area contributed by atoms with E-state index in [2.05, 4.69) is 12.2 Å². The van der Waals surface area contributed by atoms with Crippen LogP contribution >= 0.6 is 0 Å². The maximum Gasteiger partial charge on any atom is 0.238 e. The van der Waals surface area contributed by atoms with E-state index in [0.29, 0.717) is 24.5 Å². The van der Waals surface area contributed by atoms with Gasteiger partial charge in [-0.05, 0) is 31.0 Å². The van der Waals surface area contributed by atoms with Crippen molar-refractivity contribution in [3.8, 4) is 0 Å². The Hall–Kier alpha value is -1.31. The number of hydrogen-bond acceptors (Lipinski definition) is 5. The van der Waals surface area contributed by atoms with Crippen LogP contribution in [0.5, 0.6) is 0 Å². The molecule has 6 nitrogen and oxygen atoms in total. The Morgan fingerprint density at radius 1 is 1.20 bits per heavy atom. The first-order valence-corrected chi connectivity index (χ1v) is 8.23. The van der Waals surface area contributed by atoms with Gasteiger partial charge in [0.15, 0.2) is 0 Å². The third-order valence-corrected chi connectivity index (χ3v) is 3.59. The van der Waals surface area contributed by atoms with E-state index in [4.69, 9.17) is 15.6 Å². The maximum atomic E-state index is 11.3. The van der Waals surface area contributed by atoms with Crippen molar-refractivity contribution in [1.82, 2.24) is 0 Å². The fraction of sp³-hybridized carbons (Fsp3) is 0.538. The smallest absolute Gasteiger partial charge is 0.238 e. The zero-order chi connectivity index (χ0) is 15.0. The number of nitrogen functional groups attached to an aromatic ring is 1. The van der Waals surface area contributed by atoms with Crippen molar-refractivity contribution >= 4 is 21.4 Å². The highest BCUT2D eigenvalue weighted by Crippen LogP contribution is 2.19. The first-order chi connectivity index (χ1) is 9.43. The van der Waals surface area contributed by atoms with Crippen LogP contribution < -0.4 is 16.2 Å². The Bertz CT molecular complexity index is 518. The number of anilines is 2. The molecule has 0 aliphatic rings. The Morgan fingerprint density at radius 3 is 2.55 bits per heavy atom. The van der Waals surface area contributed by atoms with Gasteiger partial charge in [0, 0.05) is 31.1 Å². The summed E-state index contributed by atoms with van der Waals surface area (Å²) in [6, 6.07) is 4.49. The summed E-state index contributed by atoms with van der Waals surface area (Å²) in [6.45, 7) is 4.26. The van der Waals surface area contributed by atoms with Gasteiger partial charge in [0.2, 0.25) is 10.0 Å². The molecule has 0 fully saturated rings. The van der Waals surface area contributed by atoms with Crippen molar-refractivity contribution < 1.29 is 13.2 Å². The van der Waals surface area contributed by atoms with Gasteiger partial charge in [-0.15, -0.1) is 0 Å². The van der Waals surface area contributed by atoms with Crippen LogP contribution in [0.15, 0.2) is 23.1 Å². The molecule has 1 rings (SSSR count). The van der Waals surface area contributed by atoms with E-state index in [-0.39, 0.29) is 4.90 Å². The molecule has 0 atom stereocenters. The van der Waals surface area contributed by atoms with E-state index in [1.54, 1.807) is 6.07 Å². The van der Waals surface area contributed by atoms with E-state index < -0.39 is 10.0 Å². The number of nitrogens with two attached hydrogens (primary N) is 2. The summed E-state index contributed by atoms with van der Waals surface area (Å²) in [5.74, 6) is 0. The number of unbranched alkanes of at least 4 members (excludes halogenated alkanes) is 1. The fourth-order valence-electron chi connectivity index (χ4n) is 1.64. The van der Waals surface area contributed by atoms with Crippen molar-refractivity contribution in [2.24, 2.45) is 5.14 Å². The summed E-state index contributed by atoms with van der Waals surface area (Å²) in [5, 5.41) is 8.20. The van der Waals surface area contributed by atoms with Gasteiger partial charge in [0.1, 0.15) is 0 Å². The molecule has 20 heavy (non-hydrogen) atoms. The monoisotopic (exact) mass is 301 g/mol. The van der Waals surface area contributed by atoms with Gasteiger partial charge in [0.05, 0.1) is 4.90 Å². The molecular formula is C13H23N3O3S. The van der Waals surface area contributed by atoms with Gasteiger partial charge in [0.25, 0.3) is 0 Å². The van der Waals surface area contributed by atoms with Gasteiger partial charge >= 0.3 is 0 Å². The van der Waals surface area contributed by atoms with Crippen molar-refractivity contribution in [3.63, 3.8) is 0 Å². The minimum Gasteiger partial charge on any atom is -0.399 e. The van der Waals surface area contributed by atoms with Crippen molar-refractivity contribution in [2.45, 2.75) is 31.1 Å². The molecule has 0 radical (unpaired) electrons. The van der Waals surface area contributed by atoms with Crippen LogP contribution in [0.1, 0.15) is 26.2 Å². The lowest BCUT2D eigenvalue weighted by atomic mass is 10.2.